The molecular weight excluding hydrogens is 160 g/mol. The molecule has 2 aliphatic rings. The standard InChI is InChI=1S/C7H12N2O3/c1-8-4-7(2-3-7)5(10)9(12)6(8)11/h5,10,12H,2-4H2,1H3. The van der Waals surface area contributed by atoms with Gasteiger partial charge in [0.2, 0.25) is 0 Å². The Morgan fingerprint density at radius 2 is 2.17 bits per heavy atom. The van der Waals surface area contributed by atoms with Crippen LogP contribution in [0.3, 0.4) is 0 Å². The minimum atomic E-state index is -1.01. The molecule has 1 saturated carbocycles. The Kier molecular flexibility index (Phi) is 1.38. The van der Waals surface area contributed by atoms with Crippen LogP contribution in [-0.2, 0) is 0 Å². The average molecular weight is 172 g/mol. The molecule has 1 saturated heterocycles. The van der Waals surface area contributed by atoms with Gasteiger partial charge >= 0.3 is 6.03 Å². The second-order valence-electron chi connectivity index (χ2n) is 3.72. The summed E-state index contributed by atoms with van der Waals surface area (Å²) in [5, 5.41) is 19.1. The Hall–Kier alpha value is -0.810. The van der Waals surface area contributed by atoms with Crippen LogP contribution in [0.5, 0.6) is 0 Å². The molecule has 0 bridgehead atoms. The fourth-order valence-electron chi connectivity index (χ4n) is 1.74. The smallest absolute Gasteiger partial charge is 0.346 e. The summed E-state index contributed by atoms with van der Waals surface area (Å²) in [7, 11) is 1.62. The van der Waals surface area contributed by atoms with E-state index in [2.05, 4.69) is 0 Å². The van der Waals surface area contributed by atoms with E-state index >= 15 is 0 Å². The van der Waals surface area contributed by atoms with Crippen molar-refractivity contribution in [2.24, 2.45) is 5.41 Å². The van der Waals surface area contributed by atoms with Gasteiger partial charge in [-0.3, -0.25) is 5.21 Å². The van der Waals surface area contributed by atoms with E-state index in [1.54, 1.807) is 7.05 Å². The summed E-state index contributed by atoms with van der Waals surface area (Å²) in [6, 6.07) is -0.528. The van der Waals surface area contributed by atoms with Crippen LogP contribution >= 0.6 is 0 Å². The van der Waals surface area contributed by atoms with Crippen LogP contribution in [-0.4, -0.2) is 46.1 Å². The first-order valence-corrected chi connectivity index (χ1v) is 3.98. The first-order chi connectivity index (χ1) is 5.57. The Bertz CT molecular complexity index is 227. The van der Waals surface area contributed by atoms with E-state index in [1.165, 1.54) is 4.90 Å². The Morgan fingerprint density at radius 1 is 1.58 bits per heavy atom. The third kappa shape index (κ3) is 0.834. The maximum absolute atomic E-state index is 11.1. The number of amides is 2. The molecule has 1 unspecified atom stereocenters. The van der Waals surface area contributed by atoms with Crippen LogP contribution < -0.4 is 0 Å². The van der Waals surface area contributed by atoms with Crippen LogP contribution in [0.4, 0.5) is 4.79 Å². The van der Waals surface area contributed by atoms with Crippen molar-refractivity contribution in [3.05, 3.63) is 0 Å². The molecule has 0 aromatic rings. The number of nitrogens with zero attached hydrogens (tertiary/aromatic N) is 2. The Morgan fingerprint density at radius 3 is 2.67 bits per heavy atom. The molecular formula is C7H12N2O3. The van der Waals surface area contributed by atoms with Gasteiger partial charge < -0.3 is 10.0 Å². The highest BCUT2D eigenvalue weighted by Gasteiger charge is 2.56. The third-order valence-electron chi connectivity index (χ3n) is 2.75. The Labute approximate surface area is 70.1 Å². The number of aliphatic hydroxyl groups is 1. The lowest BCUT2D eigenvalue weighted by Gasteiger charge is -2.39. The SMILES string of the molecule is CN1CC2(CC2)C(O)N(O)C1=O. The normalized spacial score (nSPS) is 32.9. The molecule has 2 N–H and O–H groups in total. The van der Waals surface area contributed by atoms with E-state index in [0.717, 1.165) is 12.8 Å². The van der Waals surface area contributed by atoms with Crippen molar-refractivity contribution in [3.8, 4) is 0 Å². The number of hydrogen-bond donors (Lipinski definition) is 2. The number of aliphatic hydroxyl groups excluding tert-OH is 1. The Balaban J connectivity index is 2.20. The lowest BCUT2D eigenvalue weighted by molar-refractivity contribution is -0.204. The molecule has 1 spiro atoms. The first kappa shape index (κ1) is 7.82. The lowest BCUT2D eigenvalue weighted by atomic mass is 10.0. The zero-order chi connectivity index (χ0) is 8.93. The van der Waals surface area contributed by atoms with Gasteiger partial charge in [0, 0.05) is 19.0 Å². The van der Waals surface area contributed by atoms with Crippen molar-refractivity contribution in [2.45, 2.75) is 19.1 Å². The lowest BCUT2D eigenvalue weighted by Crippen LogP contribution is -2.57. The van der Waals surface area contributed by atoms with Gasteiger partial charge in [-0.15, -0.1) is 0 Å². The van der Waals surface area contributed by atoms with Crippen molar-refractivity contribution >= 4 is 6.03 Å². The maximum atomic E-state index is 11.1. The molecule has 5 heteroatoms. The first-order valence-electron chi connectivity index (χ1n) is 3.98. The second-order valence-corrected chi connectivity index (χ2v) is 3.72. The number of carbonyl (C=O) groups excluding carboxylic acids is 1. The topological polar surface area (TPSA) is 64.0 Å². The van der Waals surface area contributed by atoms with Gasteiger partial charge in [0.1, 0.15) is 0 Å². The zero-order valence-corrected chi connectivity index (χ0v) is 6.90. The molecule has 1 atom stereocenters. The van der Waals surface area contributed by atoms with Crippen LogP contribution in [0, 0.1) is 5.41 Å². The van der Waals surface area contributed by atoms with Crippen LogP contribution in [0.2, 0.25) is 0 Å². The quantitative estimate of drug-likeness (QED) is 0.499. The molecule has 2 fully saturated rings. The van der Waals surface area contributed by atoms with E-state index in [1.807, 2.05) is 0 Å². The minimum Gasteiger partial charge on any atom is -0.370 e. The summed E-state index contributed by atoms with van der Waals surface area (Å²) >= 11 is 0. The predicted molar refractivity (Wildman–Crippen MR) is 39.3 cm³/mol. The molecule has 2 rings (SSSR count). The molecule has 0 radical (unpaired) electrons. The summed E-state index contributed by atoms with van der Waals surface area (Å²) in [5.74, 6) is 0. The van der Waals surface area contributed by atoms with E-state index in [-0.39, 0.29) is 5.41 Å². The number of urea groups is 1. The maximum Gasteiger partial charge on any atom is 0.346 e. The van der Waals surface area contributed by atoms with E-state index in [9.17, 15) is 15.1 Å². The van der Waals surface area contributed by atoms with Crippen molar-refractivity contribution in [2.75, 3.05) is 13.6 Å². The third-order valence-corrected chi connectivity index (χ3v) is 2.75. The second kappa shape index (κ2) is 2.11. The molecule has 0 aromatic carbocycles. The highest BCUT2D eigenvalue weighted by atomic mass is 16.6. The van der Waals surface area contributed by atoms with E-state index in [4.69, 9.17) is 0 Å². The molecule has 1 aliphatic carbocycles. The van der Waals surface area contributed by atoms with Gasteiger partial charge in [-0.1, -0.05) is 0 Å². The van der Waals surface area contributed by atoms with Gasteiger partial charge in [-0.05, 0) is 12.8 Å². The van der Waals surface area contributed by atoms with Gasteiger partial charge in [-0.2, -0.15) is 5.06 Å². The molecule has 12 heavy (non-hydrogen) atoms. The molecule has 2 amide bonds. The summed E-state index contributed by atoms with van der Waals surface area (Å²) in [4.78, 5) is 12.5. The van der Waals surface area contributed by atoms with Gasteiger partial charge in [0.05, 0.1) is 0 Å². The van der Waals surface area contributed by atoms with Crippen molar-refractivity contribution in [1.29, 1.82) is 0 Å². The summed E-state index contributed by atoms with van der Waals surface area (Å²) < 4.78 is 0. The molecule has 1 aliphatic heterocycles. The van der Waals surface area contributed by atoms with E-state index < -0.39 is 12.3 Å². The average Bonchev–Trinajstić information content (AvgIpc) is 2.79. The number of carbonyl (C=O) groups is 1. The zero-order valence-electron chi connectivity index (χ0n) is 6.90. The van der Waals surface area contributed by atoms with Crippen molar-refractivity contribution < 1.29 is 15.1 Å². The highest BCUT2D eigenvalue weighted by Crippen LogP contribution is 2.51. The molecule has 68 valence electrons. The van der Waals surface area contributed by atoms with Gasteiger partial charge in [-0.25, -0.2) is 4.79 Å². The molecule has 5 nitrogen and oxygen atoms in total. The van der Waals surface area contributed by atoms with Gasteiger partial charge in [0.25, 0.3) is 0 Å². The van der Waals surface area contributed by atoms with E-state index in [0.29, 0.717) is 11.6 Å². The largest absolute Gasteiger partial charge is 0.370 e. The van der Waals surface area contributed by atoms with Crippen LogP contribution in [0.15, 0.2) is 0 Å². The highest BCUT2D eigenvalue weighted by molar-refractivity contribution is 5.74. The van der Waals surface area contributed by atoms with Crippen molar-refractivity contribution in [3.63, 3.8) is 0 Å². The minimum absolute atomic E-state index is 0.253. The number of rotatable bonds is 0. The molecule has 1 heterocycles. The fourth-order valence-corrected chi connectivity index (χ4v) is 1.74. The predicted octanol–water partition coefficient (Wildman–Crippen LogP) is -0.158. The van der Waals surface area contributed by atoms with Crippen molar-refractivity contribution in [1.82, 2.24) is 9.96 Å². The summed E-state index contributed by atoms with van der Waals surface area (Å²) in [6.07, 6.45) is 0.743. The van der Waals surface area contributed by atoms with Gasteiger partial charge in [0.15, 0.2) is 6.23 Å². The number of hydrogen-bond acceptors (Lipinski definition) is 3. The molecule has 0 aromatic heterocycles. The van der Waals surface area contributed by atoms with Crippen LogP contribution in [0.25, 0.3) is 0 Å². The summed E-state index contributed by atoms with van der Waals surface area (Å²) in [5.41, 5.74) is -0.253. The monoisotopic (exact) mass is 172 g/mol. The summed E-state index contributed by atoms with van der Waals surface area (Å²) in [6.45, 7) is 0.546. The number of hydroxylamine groups is 2. The fraction of sp³-hybridized carbons (Fsp3) is 0.857. The van der Waals surface area contributed by atoms with Crippen LogP contribution in [0.1, 0.15) is 12.8 Å².